The van der Waals surface area contributed by atoms with Crippen molar-refractivity contribution in [3.63, 3.8) is 0 Å². The predicted octanol–water partition coefficient (Wildman–Crippen LogP) is 9.02. The van der Waals surface area contributed by atoms with Gasteiger partial charge in [0.25, 0.3) is 0 Å². The molecule has 0 aliphatic heterocycles. The van der Waals surface area contributed by atoms with Gasteiger partial charge in [-0.15, -0.1) is 0 Å². The molecule has 0 fully saturated rings. The third-order valence-electron chi connectivity index (χ3n) is 9.01. The number of nitrogens with zero attached hydrogens (tertiary/aromatic N) is 4. The number of benzene rings is 4. The fourth-order valence-electron chi connectivity index (χ4n) is 6.90. The van der Waals surface area contributed by atoms with Crippen LogP contribution >= 0.6 is 0 Å². The summed E-state index contributed by atoms with van der Waals surface area (Å²) >= 11 is 0. The number of hydrogen-bond donors (Lipinski definition) is 0. The van der Waals surface area contributed by atoms with Crippen LogP contribution in [0.25, 0.3) is 49.3 Å². The number of aryl methyl sites for hydroxylation is 3. The van der Waals surface area contributed by atoms with Gasteiger partial charge in [-0.3, -0.25) is 9.97 Å². The Morgan fingerprint density at radius 2 is 1.28 bits per heavy atom. The molecule has 8 aromatic rings. The molecule has 0 atom stereocenters. The van der Waals surface area contributed by atoms with Gasteiger partial charge >= 0.3 is 0 Å². The van der Waals surface area contributed by atoms with Gasteiger partial charge < -0.3 is 9.13 Å². The van der Waals surface area contributed by atoms with Crippen LogP contribution in [0, 0.1) is 13.8 Å². The molecule has 8 rings (SSSR count). The van der Waals surface area contributed by atoms with Crippen molar-refractivity contribution in [3.8, 4) is 5.69 Å². The summed E-state index contributed by atoms with van der Waals surface area (Å²) in [5.41, 5.74) is 13.6. The minimum atomic E-state index is 0.833. The van der Waals surface area contributed by atoms with E-state index < -0.39 is 0 Å². The second-order valence-electron chi connectivity index (χ2n) is 11.8. The van der Waals surface area contributed by atoms with Gasteiger partial charge in [-0.05, 0) is 84.8 Å². The van der Waals surface area contributed by atoms with Gasteiger partial charge in [-0.1, -0.05) is 66.2 Å². The normalized spacial score (nSPS) is 11.8. The van der Waals surface area contributed by atoms with Crippen LogP contribution in [0.5, 0.6) is 0 Å². The molecule has 4 nitrogen and oxygen atoms in total. The van der Waals surface area contributed by atoms with Crippen LogP contribution in [-0.2, 0) is 19.9 Å². The fraction of sp³-hybridized carbons (Fsp3) is 0.128. The van der Waals surface area contributed by atoms with E-state index in [0.29, 0.717) is 0 Å². The van der Waals surface area contributed by atoms with Crippen molar-refractivity contribution in [2.75, 3.05) is 0 Å². The molecule has 0 aliphatic rings. The summed E-state index contributed by atoms with van der Waals surface area (Å²) in [7, 11) is 2.13. The standard InChI is InChI=1S/C39H32N4/c1-25-13-16-35-33(17-25)39-29(19-27-9-5-4-6-10-27)21-41-24-37(39)43(35)31-15-14-28(26(2)18-31)20-30-22-40-23-36-38(30)32-11-7-8-12-34(32)42(36)3/h4-18,21-24H,19-20H2,1-3H3. The Labute approximate surface area is 250 Å². The van der Waals surface area contributed by atoms with E-state index in [1.807, 2.05) is 24.8 Å². The third-order valence-corrected chi connectivity index (χ3v) is 9.01. The summed E-state index contributed by atoms with van der Waals surface area (Å²) < 4.78 is 4.64. The summed E-state index contributed by atoms with van der Waals surface area (Å²) in [5.74, 6) is 0. The van der Waals surface area contributed by atoms with Gasteiger partial charge in [0, 0.05) is 52.2 Å². The van der Waals surface area contributed by atoms with Crippen molar-refractivity contribution in [1.29, 1.82) is 0 Å². The summed E-state index contributed by atoms with van der Waals surface area (Å²) in [4.78, 5) is 9.37. The van der Waals surface area contributed by atoms with Crippen molar-refractivity contribution in [2.45, 2.75) is 26.7 Å². The van der Waals surface area contributed by atoms with Crippen LogP contribution in [-0.4, -0.2) is 19.1 Å². The molecule has 0 aliphatic carbocycles. The minimum absolute atomic E-state index is 0.833. The molecular formula is C39H32N4. The average Bonchev–Trinajstić information content (AvgIpc) is 3.51. The van der Waals surface area contributed by atoms with E-state index >= 15 is 0 Å². The Morgan fingerprint density at radius 1 is 0.558 bits per heavy atom. The van der Waals surface area contributed by atoms with Gasteiger partial charge in [0.2, 0.25) is 0 Å². The number of fused-ring (bicyclic) bond motifs is 6. The first-order valence-electron chi connectivity index (χ1n) is 14.9. The zero-order valence-corrected chi connectivity index (χ0v) is 24.7. The zero-order valence-electron chi connectivity index (χ0n) is 24.7. The Balaban J connectivity index is 1.25. The van der Waals surface area contributed by atoms with Crippen molar-refractivity contribution < 1.29 is 0 Å². The number of rotatable bonds is 5. The highest BCUT2D eigenvalue weighted by Crippen LogP contribution is 2.36. The van der Waals surface area contributed by atoms with Crippen molar-refractivity contribution in [3.05, 3.63) is 149 Å². The molecule has 208 valence electrons. The maximum absolute atomic E-state index is 4.73. The van der Waals surface area contributed by atoms with E-state index in [1.54, 1.807) is 0 Å². The maximum Gasteiger partial charge on any atom is 0.0727 e. The van der Waals surface area contributed by atoms with Crippen LogP contribution in [0.15, 0.2) is 116 Å². The van der Waals surface area contributed by atoms with Crippen molar-refractivity contribution in [2.24, 2.45) is 7.05 Å². The van der Waals surface area contributed by atoms with E-state index in [1.165, 1.54) is 71.5 Å². The van der Waals surface area contributed by atoms with E-state index in [-0.39, 0.29) is 0 Å². The first-order valence-corrected chi connectivity index (χ1v) is 14.9. The number of hydrogen-bond acceptors (Lipinski definition) is 2. The smallest absolute Gasteiger partial charge is 0.0727 e. The Hall–Kier alpha value is -5.22. The molecule has 0 saturated carbocycles. The fourth-order valence-corrected chi connectivity index (χ4v) is 6.90. The van der Waals surface area contributed by atoms with Crippen LogP contribution in [0.4, 0.5) is 0 Å². The molecule has 4 aromatic carbocycles. The van der Waals surface area contributed by atoms with Crippen molar-refractivity contribution >= 4 is 43.6 Å². The largest absolute Gasteiger partial charge is 0.342 e. The van der Waals surface area contributed by atoms with Crippen LogP contribution in [0.3, 0.4) is 0 Å². The lowest BCUT2D eigenvalue weighted by molar-refractivity contribution is 1.01. The average molecular weight is 557 g/mol. The Morgan fingerprint density at radius 3 is 2.09 bits per heavy atom. The molecule has 4 heterocycles. The lowest BCUT2D eigenvalue weighted by Crippen LogP contribution is -1.99. The number of para-hydroxylation sites is 1. The number of aromatic nitrogens is 4. The highest BCUT2D eigenvalue weighted by atomic mass is 15.0. The van der Waals surface area contributed by atoms with Gasteiger partial charge in [0.15, 0.2) is 0 Å². The molecule has 0 unspecified atom stereocenters. The summed E-state index contributed by atoms with van der Waals surface area (Å²) in [6, 6.07) is 33.0. The highest BCUT2D eigenvalue weighted by molar-refractivity contribution is 6.11. The van der Waals surface area contributed by atoms with Gasteiger partial charge in [0.1, 0.15) is 0 Å². The SMILES string of the molecule is Cc1ccc2c(c1)c1c(Cc3ccccc3)cncc1n2-c1ccc(Cc2cncc3c2c2ccccc2n3C)c(C)c1. The second kappa shape index (κ2) is 9.95. The van der Waals surface area contributed by atoms with Crippen LogP contribution < -0.4 is 0 Å². The summed E-state index contributed by atoms with van der Waals surface area (Å²) in [6.07, 6.45) is 9.77. The van der Waals surface area contributed by atoms with E-state index in [2.05, 4.69) is 126 Å². The molecular weight excluding hydrogens is 524 g/mol. The third kappa shape index (κ3) is 4.13. The quantitative estimate of drug-likeness (QED) is 0.212. The van der Waals surface area contributed by atoms with Gasteiger partial charge in [-0.25, -0.2) is 0 Å². The Bertz CT molecular complexity index is 2320. The first kappa shape index (κ1) is 25.5. The summed E-state index contributed by atoms with van der Waals surface area (Å²) in [5, 5.41) is 5.14. The molecule has 0 radical (unpaired) electrons. The molecule has 0 saturated heterocycles. The van der Waals surface area contributed by atoms with Crippen LogP contribution in [0.1, 0.15) is 33.4 Å². The van der Waals surface area contributed by atoms with Gasteiger partial charge in [0.05, 0.1) is 28.9 Å². The lowest BCUT2D eigenvalue weighted by Gasteiger charge is -2.13. The highest BCUT2D eigenvalue weighted by Gasteiger charge is 2.18. The van der Waals surface area contributed by atoms with E-state index in [0.717, 1.165) is 24.0 Å². The lowest BCUT2D eigenvalue weighted by atomic mass is 9.98. The van der Waals surface area contributed by atoms with Crippen LogP contribution in [0.2, 0.25) is 0 Å². The molecule has 43 heavy (non-hydrogen) atoms. The monoisotopic (exact) mass is 556 g/mol. The molecule has 4 aromatic heterocycles. The second-order valence-corrected chi connectivity index (χ2v) is 11.8. The predicted molar refractivity (Wildman–Crippen MR) is 178 cm³/mol. The minimum Gasteiger partial charge on any atom is -0.342 e. The molecule has 0 spiro atoms. The van der Waals surface area contributed by atoms with Crippen molar-refractivity contribution in [1.82, 2.24) is 19.1 Å². The molecule has 0 N–H and O–H groups in total. The van der Waals surface area contributed by atoms with E-state index in [9.17, 15) is 0 Å². The Kier molecular flexibility index (Phi) is 5.90. The molecule has 4 heteroatoms. The topological polar surface area (TPSA) is 35.6 Å². The molecule has 0 amide bonds. The first-order chi connectivity index (χ1) is 21.1. The zero-order chi connectivity index (χ0) is 29.1. The molecule has 0 bridgehead atoms. The van der Waals surface area contributed by atoms with Gasteiger partial charge in [-0.2, -0.15) is 0 Å². The van der Waals surface area contributed by atoms with E-state index in [4.69, 9.17) is 4.98 Å². The maximum atomic E-state index is 4.73. The summed E-state index contributed by atoms with van der Waals surface area (Å²) in [6.45, 7) is 4.40. The number of pyridine rings is 2.